The molecule has 0 spiro atoms. The van der Waals surface area contributed by atoms with Crippen molar-refractivity contribution in [2.45, 2.75) is 33.3 Å². The van der Waals surface area contributed by atoms with E-state index in [4.69, 9.17) is 5.11 Å². The molecule has 0 radical (unpaired) electrons. The highest BCUT2D eigenvalue weighted by Gasteiger charge is 2.03. The summed E-state index contributed by atoms with van der Waals surface area (Å²) in [5.41, 5.74) is 2.16. The van der Waals surface area contributed by atoms with Gasteiger partial charge in [0.1, 0.15) is 12.4 Å². The van der Waals surface area contributed by atoms with Crippen molar-refractivity contribution in [3.05, 3.63) is 17.2 Å². The summed E-state index contributed by atoms with van der Waals surface area (Å²) in [6.07, 6.45) is 2.08. The van der Waals surface area contributed by atoms with E-state index in [9.17, 15) is 0 Å². The van der Waals surface area contributed by atoms with E-state index in [1.807, 2.05) is 6.92 Å². The van der Waals surface area contributed by atoms with E-state index in [1.165, 1.54) is 0 Å². The van der Waals surface area contributed by atoms with Crippen molar-refractivity contribution in [2.24, 2.45) is 0 Å². The molecule has 0 aliphatic heterocycles. The third-order valence-corrected chi connectivity index (χ3v) is 1.67. The number of imidazole rings is 1. The minimum Gasteiger partial charge on any atom is -0.388 e. The average Bonchev–Trinajstić information content (AvgIpc) is 2.33. The summed E-state index contributed by atoms with van der Waals surface area (Å²) in [4.78, 5) is 7.23. The first kappa shape index (κ1) is 8.27. The van der Waals surface area contributed by atoms with E-state index in [1.54, 1.807) is 0 Å². The van der Waals surface area contributed by atoms with Crippen molar-refractivity contribution in [2.75, 3.05) is 0 Å². The van der Waals surface area contributed by atoms with Crippen LogP contribution in [0.1, 0.15) is 30.6 Å². The van der Waals surface area contributed by atoms with Gasteiger partial charge >= 0.3 is 0 Å². The third-order valence-electron chi connectivity index (χ3n) is 1.67. The highest BCUT2D eigenvalue weighted by atomic mass is 16.3. The standard InChI is InChI=1S/C8H14N2O/c1-3-4-7-6(2)9-8(5-11)10-7/h11H,3-5H2,1-2H3,(H,9,10). The minimum absolute atomic E-state index is 0.00452. The molecule has 1 rings (SSSR count). The number of hydrogen-bond donors (Lipinski definition) is 2. The number of rotatable bonds is 3. The van der Waals surface area contributed by atoms with Gasteiger partial charge in [-0.3, -0.25) is 0 Å². The fourth-order valence-corrected chi connectivity index (χ4v) is 1.12. The Labute approximate surface area is 66.5 Å². The molecule has 0 amide bonds. The van der Waals surface area contributed by atoms with Crippen LogP contribution in [-0.4, -0.2) is 15.1 Å². The van der Waals surface area contributed by atoms with Crippen LogP contribution in [0.3, 0.4) is 0 Å². The first-order valence-corrected chi connectivity index (χ1v) is 3.93. The average molecular weight is 154 g/mol. The smallest absolute Gasteiger partial charge is 0.132 e. The zero-order valence-corrected chi connectivity index (χ0v) is 7.02. The van der Waals surface area contributed by atoms with Crippen LogP contribution in [-0.2, 0) is 13.0 Å². The molecule has 11 heavy (non-hydrogen) atoms. The zero-order valence-electron chi connectivity index (χ0n) is 7.02. The number of aliphatic hydroxyl groups is 1. The van der Waals surface area contributed by atoms with Gasteiger partial charge in [-0.05, 0) is 13.3 Å². The number of aromatic nitrogens is 2. The molecule has 62 valence electrons. The van der Waals surface area contributed by atoms with Crippen LogP contribution in [0.2, 0.25) is 0 Å². The topological polar surface area (TPSA) is 48.9 Å². The molecule has 0 saturated heterocycles. The molecule has 0 atom stereocenters. The van der Waals surface area contributed by atoms with Crippen LogP contribution in [0.25, 0.3) is 0 Å². The maximum Gasteiger partial charge on any atom is 0.132 e. The van der Waals surface area contributed by atoms with Crippen LogP contribution < -0.4 is 0 Å². The lowest BCUT2D eigenvalue weighted by Crippen LogP contribution is -1.87. The Bertz CT molecular complexity index is 230. The van der Waals surface area contributed by atoms with Gasteiger partial charge in [0.25, 0.3) is 0 Å². The van der Waals surface area contributed by atoms with E-state index in [0.29, 0.717) is 5.82 Å². The fourth-order valence-electron chi connectivity index (χ4n) is 1.12. The van der Waals surface area contributed by atoms with E-state index < -0.39 is 0 Å². The van der Waals surface area contributed by atoms with E-state index in [-0.39, 0.29) is 6.61 Å². The van der Waals surface area contributed by atoms with E-state index in [2.05, 4.69) is 16.9 Å². The molecule has 0 aliphatic carbocycles. The van der Waals surface area contributed by atoms with Gasteiger partial charge in [-0.1, -0.05) is 13.3 Å². The maximum atomic E-state index is 8.75. The Morgan fingerprint density at radius 1 is 1.55 bits per heavy atom. The Hall–Kier alpha value is -0.830. The summed E-state index contributed by atoms with van der Waals surface area (Å²) in [6, 6.07) is 0. The van der Waals surface area contributed by atoms with Gasteiger partial charge in [-0.25, -0.2) is 4.98 Å². The predicted octanol–water partition coefficient (Wildman–Crippen LogP) is 1.16. The van der Waals surface area contributed by atoms with Gasteiger partial charge in [-0.15, -0.1) is 0 Å². The number of aromatic amines is 1. The highest BCUT2D eigenvalue weighted by Crippen LogP contribution is 2.06. The first-order chi connectivity index (χ1) is 5.27. The molecule has 1 aromatic heterocycles. The Balaban J connectivity index is 2.79. The largest absolute Gasteiger partial charge is 0.388 e. The Morgan fingerprint density at radius 3 is 2.73 bits per heavy atom. The number of nitrogens with zero attached hydrogens (tertiary/aromatic N) is 1. The SMILES string of the molecule is CCCc1nc(CO)[nH]c1C. The summed E-state index contributed by atoms with van der Waals surface area (Å²) in [5.74, 6) is 0.672. The van der Waals surface area contributed by atoms with E-state index in [0.717, 1.165) is 24.2 Å². The molecule has 0 unspecified atom stereocenters. The second kappa shape index (κ2) is 3.53. The summed E-state index contributed by atoms with van der Waals surface area (Å²) in [7, 11) is 0. The van der Waals surface area contributed by atoms with Crippen LogP contribution >= 0.6 is 0 Å². The number of nitrogens with one attached hydrogen (secondary N) is 1. The minimum atomic E-state index is 0.00452. The second-order valence-electron chi connectivity index (χ2n) is 2.66. The van der Waals surface area contributed by atoms with E-state index >= 15 is 0 Å². The number of aliphatic hydroxyl groups excluding tert-OH is 1. The fraction of sp³-hybridized carbons (Fsp3) is 0.625. The second-order valence-corrected chi connectivity index (χ2v) is 2.66. The lowest BCUT2D eigenvalue weighted by Gasteiger charge is -1.90. The summed E-state index contributed by atoms with van der Waals surface area (Å²) < 4.78 is 0. The molecule has 0 aliphatic rings. The van der Waals surface area contributed by atoms with Gasteiger partial charge in [0.05, 0.1) is 5.69 Å². The van der Waals surface area contributed by atoms with Gasteiger partial charge in [-0.2, -0.15) is 0 Å². The lowest BCUT2D eigenvalue weighted by molar-refractivity contribution is 0.272. The molecule has 1 aromatic rings. The molecular formula is C8H14N2O. The quantitative estimate of drug-likeness (QED) is 0.686. The molecule has 0 fully saturated rings. The van der Waals surface area contributed by atoms with Gasteiger partial charge in [0.2, 0.25) is 0 Å². The third kappa shape index (κ3) is 1.80. The summed E-state index contributed by atoms with van der Waals surface area (Å²) in [6.45, 7) is 4.11. The van der Waals surface area contributed by atoms with Gasteiger partial charge in [0.15, 0.2) is 0 Å². The van der Waals surface area contributed by atoms with Crippen molar-refractivity contribution in [1.82, 2.24) is 9.97 Å². The molecule has 3 nitrogen and oxygen atoms in total. The summed E-state index contributed by atoms with van der Waals surface area (Å²) >= 11 is 0. The van der Waals surface area contributed by atoms with Crippen LogP contribution in [0, 0.1) is 6.92 Å². The van der Waals surface area contributed by atoms with Crippen molar-refractivity contribution in [1.29, 1.82) is 0 Å². The Kier molecular flexibility index (Phi) is 2.65. The number of H-pyrrole nitrogens is 1. The van der Waals surface area contributed by atoms with Gasteiger partial charge in [0, 0.05) is 5.69 Å². The maximum absolute atomic E-state index is 8.75. The van der Waals surface area contributed by atoms with Crippen molar-refractivity contribution >= 4 is 0 Å². The monoisotopic (exact) mass is 154 g/mol. The van der Waals surface area contributed by atoms with Crippen LogP contribution in [0.15, 0.2) is 0 Å². The number of aryl methyl sites for hydroxylation is 2. The molecule has 0 aromatic carbocycles. The summed E-state index contributed by atoms with van der Waals surface area (Å²) in [5, 5.41) is 8.75. The zero-order chi connectivity index (χ0) is 8.27. The van der Waals surface area contributed by atoms with Crippen LogP contribution in [0.4, 0.5) is 0 Å². The molecular weight excluding hydrogens is 140 g/mol. The first-order valence-electron chi connectivity index (χ1n) is 3.93. The van der Waals surface area contributed by atoms with Crippen molar-refractivity contribution < 1.29 is 5.11 Å². The normalized spacial score (nSPS) is 10.5. The highest BCUT2D eigenvalue weighted by molar-refractivity contribution is 5.12. The lowest BCUT2D eigenvalue weighted by atomic mass is 10.2. The molecule has 2 N–H and O–H groups in total. The number of hydrogen-bond acceptors (Lipinski definition) is 2. The predicted molar refractivity (Wildman–Crippen MR) is 43.2 cm³/mol. The Morgan fingerprint density at radius 2 is 2.27 bits per heavy atom. The van der Waals surface area contributed by atoms with Crippen molar-refractivity contribution in [3.63, 3.8) is 0 Å². The molecule has 1 heterocycles. The van der Waals surface area contributed by atoms with Crippen LogP contribution in [0.5, 0.6) is 0 Å². The van der Waals surface area contributed by atoms with Gasteiger partial charge < -0.3 is 10.1 Å². The van der Waals surface area contributed by atoms with Crippen molar-refractivity contribution in [3.8, 4) is 0 Å². The molecule has 3 heteroatoms. The molecule has 0 saturated carbocycles. The molecule has 0 bridgehead atoms.